The van der Waals surface area contributed by atoms with Crippen molar-refractivity contribution in [1.29, 1.82) is 0 Å². The first-order chi connectivity index (χ1) is 9.54. The highest BCUT2D eigenvalue weighted by atomic mass is 79.9. The smallest absolute Gasteiger partial charge is 0.255 e. The number of anilines is 2. The third kappa shape index (κ3) is 3.93. The number of hydrogen-bond donors (Lipinski definition) is 2. The average molecular weight is 333 g/mol. The Bertz CT molecular complexity index is 639. The molecule has 0 aliphatic heterocycles. The Balaban J connectivity index is 2.06. The van der Waals surface area contributed by atoms with Crippen LogP contribution in [-0.2, 0) is 4.79 Å². The van der Waals surface area contributed by atoms with E-state index in [1.165, 1.54) is 6.92 Å². The zero-order chi connectivity index (χ0) is 14.5. The van der Waals surface area contributed by atoms with Crippen molar-refractivity contribution in [2.75, 3.05) is 10.6 Å². The Kier molecular flexibility index (Phi) is 4.53. The second kappa shape index (κ2) is 6.34. The van der Waals surface area contributed by atoms with Crippen molar-refractivity contribution < 1.29 is 9.59 Å². The lowest BCUT2D eigenvalue weighted by Gasteiger charge is -2.07. The van der Waals surface area contributed by atoms with Gasteiger partial charge in [-0.05, 0) is 42.5 Å². The number of amides is 2. The highest BCUT2D eigenvalue weighted by molar-refractivity contribution is 9.10. The van der Waals surface area contributed by atoms with Crippen LogP contribution in [-0.4, -0.2) is 11.8 Å². The van der Waals surface area contributed by atoms with Gasteiger partial charge in [0.2, 0.25) is 5.91 Å². The van der Waals surface area contributed by atoms with Gasteiger partial charge in [-0.25, -0.2) is 0 Å². The molecule has 0 radical (unpaired) electrons. The maximum atomic E-state index is 12.0. The van der Waals surface area contributed by atoms with E-state index in [4.69, 9.17) is 0 Å². The summed E-state index contributed by atoms with van der Waals surface area (Å²) in [4.78, 5) is 22.9. The largest absolute Gasteiger partial charge is 0.326 e. The van der Waals surface area contributed by atoms with Crippen LogP contribution in [0.25, 0.3) is 0 Å². The lowest BCUT2D eigenvalue weighted by atomic mass is 10.2. The van der Waals surface area contributed by atoms with Crippen LogP contribution in [0.3, 0.4) is 0 Å². The molecule has 2 aromatic rings. The topological polar surface area (TPSA) is 58.2 Å². The zero-order valence-corrected chi connectivity index (χ0v) is 12.4. The number of carbonyl (C=O) groups excluding carboxylic acids is 2. The number of nitrogens with one attached hydrogen (secondary N) is 2. The fraction of sp³-hybridized carbons (Fsp3) is 0.0667. The Labute approximate surface area is 125 Å². The Hall–Kier alpha value is -2.14. The molecule has 4 nitrogen and oxygen atoms in total. The second-order valence-corrected chi connectivity index (χ2v) is 5.14. The summed E-state index contributed by atoms with van der Waals surface area (Å²) in [7, 11) is 0. The van der Waals surface area contributed by atoms with Crippen molar-refractivity contribution in [3.05, 3.63) is 58.6 Å². The van der Waals surface area contributed by atoms with Crippen LogP contribution < -0.4 is 10.6 Å². The van der Waals surface area contributed by atoms with E-state index >= 15 is 0 Å². The summed E-state index contributed by atoms with van der Waals surface area (Å²) in [6.07, 6.45) is 0. The van der Waals surface area contributed by atoms with E-state index in [9.17, 15) is 9.59 Å². The van der Waals surface area contributed by atoms with E-state index in [1.54, 1.807) is 42.5 Å². The summed E-state index contributed by atoms with van der Waals surface area (Å²) >= 11 is 3.33. The SMILES string of the molecule is CC(=O)Nc1ccc(NC(=O)c2cccc(Br)c2)cc1. The molecule has 0 aromatic heterocycles. The standard InChI is InChI=1S/C15H13BrN2O2/c1-10(19)17-13-5-7-14(8-6-13)18-15(20)11-3-2-4-12(16)9-11/h2-9H,1H3,(H,17,19)(H,18,20). The van der Waals surface area contributed by atoms with E-state index in [0.29, 0.717) is 16.9 Å². The van der Waals surface area contributed by atoms with Crippen LogP contribution in [0.5, 0.6) is 0 Å². The molecule has 20 heavy (non-hydrogen) atoms. The summed E-state index contributed by atoms with van der Waals surface area (Å²) in [5, 5.41) is 5.46. The Morgan fingerprint density at radius 3 is 2.10 bits per heavy atom. The average Bonchev–Trinajstić information content (AvgIpc) is 2.40. The second-order valence-electron chi connectivity index (χ2n) is 4.22. The van der Waals surface area contributed by atoms with Crippen molar-refractivity contribution in [2.45, 2.75) is 6.92 Å². The van der Waals surface area contributed by atoms with Crippen molar-refractivity contribution in [3.8, 4) is 0 Å². The molecular weight excluding hydrogens is 320 g/mol. The van der Waals surface area contributed by atoms with Gasteiger partial charge in [-0.3, -0.25) is 9.59 Å². The number of halogens is 1. The van der Waals surface area contributed by atoms with E-state index in [1.807, 2.05) is 6.07 Å². The number of rotatable bonds is 3. The van der Waals surface area contributed by atoms with Crippen molar-refractivity contribution in [2.24, 2.45) is 0 Å². The zero-order valence-electron chi connectivity index (χ0n) is 10.8. The first-order valence-electron chi connectivity index (χ1n) is 5.99. The summed E-state index contributed by atoms with van der Waals surface area (Å²) in [5.41, 5.74) is 1.94. The quantitative estimate of drug-likeness (QED) is 0.901. The monoisotopic (exact) mass is 332 g/mol. The maximum Gasteiger partial charge on any atom is 0.255 e. The molecule has 2 amide bonds. The highest BCUT2D eigenvalue weighted by Gasteiger charge is 2.06. The summed E-state index contributed by atoms with van der Waals surface area (Å²) < 4.78 is 0.853. The van der Waals surface area contributed by atoms with Gasteiger partial charge in [0.05, 0.1) is 0 Å². The Morgan fingerprint density at radius 1 is 0.950 bits per heavy atom. The van der Waals surface area contributed by atoms with Gasteiger partial charge in [0, 0.05) is 28.3 Å². The number of carbonyl (C=O) groups is 2. The van der Waals surface area contributed by atoms with E-state index < -0.39 is 0 Å². The van der Waals surface area contributed by atoms with Crippen LogP contribution in [0.15, 0.2) is 53.0 Å². The first kappa shape index (κ1) is 14.3. The van der Waals surface area contributed by atoms with Gasteiger partial charge in [-0.2, -0.15) is 0 Å². The minimum atomic E-state index is -0.182. The fourth-order valence-electron chi connectivity index (χ4n) is 1.67. The lowest BCUT2D eigenvalue weighted by Crippen LogP contribution is -2.12. The van der Waals surface area contributed by atoms with E-state index in [-0.39, 0.29) is 11.8 Å². The Morgan fingerprint density at radius 2 is 1.55 bits per heavy atom. The predicted molar refractivity (Wildman–Crippen MR) is 82.8 cm³/mol. The molecule has 0 spiro atoms. The van der Waals surface area contributed by atoms with Crippen LogP contribution in [0.2, 0.25) is 0 Å². The predicted octanol–water partition coefficient (Wildman–Crippen LogP) is 3.66. The van der Waals surface area contributed by atoms with Crippen LogP contribution in [0.1, 0.15) is 17.3 Å². The molecule has 0 bridgehead atoms. The fourth-order valence-corrected chi connectivity index (χ4v) is 2.07. The van der Waals surface area contributed by atoms with E-state index in [2.05, 4.69) is 26.6 Å². The van der Waals surface area contributed by atoms with Crippen LogP contribution >= 0.6 is 15.9 Å². The van der Waals surface area contributed by atoms with E-state index in [0.717, 1.165) is 4.47 Å². The molecule has 102 valence electrons. The minimum Gasteiger partial charge on any atom is -0.326 e. The van der Waals surface area contributed by atoms with Gasteiger partial charge in [0.25, 0.3) is 5.91 Å². The normalized spacial score (nSPS) is 9.90. The van der Waals surface area contributed by atoms with Gasteiger partial charge in [-0.15, -0.1) is 0 Å². The summed E-state index contributed by atoms with van der Waals surface area (Å²) in [6.45, 7) is 1.45. The molecule has 0 heterocycles. The van der Waals surface area contributed by atoms with Crippen molar-refractivity contribution in [1.82, 2.24) is 0 Å². The molecule has 0 unspecified atom stereocenters. The summed E-state index contributed by atoms with van der Waals surface area (Å²) in [5.74, 6) is -0.311. The van der Waals surface area contributed by atoms with Crippen molar-refractivity contribution >= 4 is 39.1 Å². The van der Waals surface area contributed by atoms with Gasteiger partial charge >= 0.3 is 0 Å². The third-order valence-electron chi connectivity index (χ3n) is 2.55. The van der Waals surface area contributed by atoms with Crippen LogP contribution in [0, 0.1) is 0 Å². The highest BCUT2D eigenvalue weighted by Crippen LogP contribution is 2.16. The first-order valence-corrected chi connectivity index (χ1v) is 6.78. The minimum absolute atomic E-state index is 0.129. The molecule has 0 saturated heterocycles. The maximum absolute atomic E-state index is 12.0. The molecule has 0 aliphatic carbocycles. The van der Waals surface area contributed by atoms with Crippen molar-refractivity contribution in [3.63, 3.8) is 0 Å². The molecule has 0 aliphatic rings. The molecule has 2 rings (SSSR count). The third-order valence-corrected chi connectivity index (χ3v) is 3.04. The summed E-state index contributed by atoms with van der Waals surface area (Å²) in [6, 6.07) is 14.1. The molecule has 0 saturated carbocycles. The van der Waals surface area contributed by atoms with Gasteiger partial charge in [-0.1, -0.05) is 22.0 Å². The van der Waals surface area contributed by atoms with Gasteiger partial charge in [0.15, 0.2) is 0 Å². The molecule has 5 heteroatoms. The van der Waals surface area contributed by atoms with Gasteiger partial charge in [0.1, 0.15) is 0 Å². The molecule has 2 aromatic carbocycles. The molecule has 2 N–H and O–H groups in total. The molecular formula is C15H13BrN2O2. The number of hydrogen-bond acceptors (Lipinski definition) is 2. The molecule has 0 fully saturated rings. The number of benzene rings is 2. The molecule has 0 atom stereocenters. The van der Waals surface area contributed by atoms with Crippen LogP contribution in [0.4, 0.5) is 11.4 Å². The lowest BCUT2D eigenvalue weighted by molar-refractivity contribution is -0.114. The van der Waals surface area contributed by atoms with Gasteiger partial charge < -0.3 is 10.6 Å².